The molecular formula is C13H11BrF3N4O2Rb. The van der Waals surface area contributed by atoms with Gasteiger partial charge in [-0.15, -0.1) is 16.8 Å². The van der Waals surface area contributed by atoms with E-state index in [1.165, 1.54) is 0 Å². The predicted octanol–water partition coefficient (Wildman–Crippen LogP) is -0.133. The molecule has 0 spiro atoms. The number of hydrogen-bond donors (Lipinski definition) is 1. The molecule has 2 heterocycles. The van der Waals surface area contributed by atoms with Gasteiger partial charge < -0.3 is 15.3 Å². The van der Waals surface area contributed by atoms with Gasteiger partial charge in [0.2, 0.25) is 5.89 Å². The van der Waals surface area contributed by atoms with E-state index < -0.39 is 22.4 Å². The molecule has 124 valence electrons. The molecule has 6 nitrogen and oxygen atoms in total. The number of allylic oxidation sites excluding steroid dienone is 1. The van der Waals surface area contributed by atoms with Crippen molar-refractivity contribution < 1.29 is 80.9 Å². The Labute approximate surface area is 192 Å². The van der Waals surface area contributed by atoms with Crippen LogP contribution in [0.5, 0.6) is 0 Å². The summed E-state index contributed by atoms with van der Waals surface area (Å²) in [5.74, 6) is -0.398. The second-order valence-electron chi connectivity index (χ2n) is 4.56. The van der Waals surface area contributed by atoms with Crippen LogP contribution in [0.4, 0.5) is 18.9 Å². The molecule has 0 fully saturated rings. The summed E-state index contributed by atoms with van der Waals surface area (Å²) in [5.41, 5.74) is 4.15. The van der Waals surface area contributed by atoms with Crippen LogP contribution in [0.25, 0.3) is 11.6 Å². The first-order valence-corrected chi connectivity index (χ1v) is 7.17. The summed E-state index contributed by atoms with van der Waals surface area (Å²) in [6.07, 6.45) is -3.60. The number of nitrogen functional groups attached to an aromatic ring is 1. The fourth-order valence-corrected chi connectivity index (χ4v) is 2.25. The molecule has 0 saturated carbocycles. The molecule has 0 aliphatic heterocycles. The first kappa shape index (κ1) is 21.9. The van der Waals surface area contributed by atoms with Gasteiger partial charge in [0.05, 0.1) is 11.3 Å². The van der Waals surface area contributed by atoms with Gasteiger partial charge >= 0.3 is 64.4 Å². The Hall–Kier alpha value is -0.135. The molecule has 2 aromatic heterocycles. The van der Waals surface area contributed by atoms with Crippen LogP contribution < -0.4 is 69.0 Å². The van der Waals surface area contributed by atoms with Crippen LogP contribution in [0.3, 0.4) is 0 Å². The third-order valence-corrected chi connectivity index (χ3v) is 3.47. The van der Waals surface area contributed by atoms with Gasteiger partial charge in [-0.2, -0.15) is 13.2 Å². The number of nitrogens with two attached hydrogens (primary N) is 1. The van der Waals surface area contributed by atoms with Crippen LogP contribution in [0.1, 0.15) is 30.4 Å². The fourth-order valence-electron chi connectivity index (χ4n) is 1.73. The molecule has 0 radical (unpaired) electrons. The molecule has 0 saturated heterocycles. The number of anilines is 1. The van der Waals surface area contributed by atoms with E-state index in [0.717, 1.165) is 0 Å². The van der Waals surface area contributed by atoms with Gasteiger partial charge in [-0.05, 0) is 34.5 Å². The summed E-state index contributed by atoms with van der Waals surface area (Å²) >= 11 is 2.73. The van der Waals surface area contributed by atoms with Crippen molar-refractivity contribution in [2.45, 2.75) is 25.1 Å². The van der Waals surface area contributed by atoms with Crippen LogP contribution in [0.2, 0.25) is 0 Å². The topological polar surface area (TPSA) is 101 Å². The van der Waals surface area contributed by atoms with E-state index in [2.05, 4.69) is 37.7 Å². The van der Waals surface area contributed by atoms with Gasteiger partial charge in [0.15, 0.2) is 5.69 Å². The minimum atomic E-state index is -4.61. The zero-order chi connectivity index (χ0) is 17.2. The molecule has 24 heavy (non-hydrogen) atoms. The number of nitrogens with zero attached hydrogens (tertiary/aromatic N) is 3. The van der Waals surface area contributed by atoms with Crippen molar-refractivity contribution in [3.05, 3.63) is 34.8 Å². The molecule has 0 amide bonds. The largest absolute Gasteiger partial charge is 1.00 e. The average Bonchev–Trinajstić information content (AvgIpc) is 2.95. The fraction of sp³-hybridized carbons (Fsp3) is 0.308. The van der Waals surface area contributed by atoms with Crippen molar-refractivity contribution in [2.75, 3.05) is 5.73 Å². The smallest absolute Gasteiger partial charge is 0.845 e. The summed E-state index contributed by atoms with van der Waals surface area (Å²) in [6, 6.07) is 0.711. The summed E-state index contributed by atoms with van der Waals surface area (Å²) in [4.78, 5) is 3.70. The predicted molar refractivity (Wildman–Crippen MR) is 76.8 cm³/mol. The Bertz CT molecular complexity index is 724. The van der Waals surface area contributed by atoms with Crippen LogP contribution in [-0.2, 0) is 6.18 Å². The zero-order valence-corrected chi connectivity index (χ0v) is 19.1. The van der Waals surface area contributed by atoms with E-state index in [1.807, 2.05) is 0 Å². The number of halogens is 4. The molecule has 11 heteroatoms. The molecular weight excluding hydrogens is 467 g/mol. The number of alkyl halides is 3. The van der Waals surface area contributed by atoms with Crippen LogP contribution in [0, 0.1) is 0 Å². The second-order valence-corrected chi connectivity index (χ2v) is 5.31. The first-order chi connectivity index (χ1) is 10.7. The van der Waals surface area contributed by atoms with Gasteiger partial charge in [-0.1, -0.05) is 12.5 Å². The quantitative estimate of drug-likeness (QED) is 0.476. The number of aromatic nitrogens is 3. The Kier molecular flexibility index (Phi) is 8.21. The Morgan fingerprint density at radius 2 is 2.08 bits per heavy atom. The normalized spacial score (nSPS) is 12.5. The van der Waals surface area contributed by atoms with E-state index in [4.69, 9.17) is 10.2 Å². The van der Waals surface area contributed by atoms with Crippen molar-refractivity contribution in [1.29, 1.82) is 0 Å². The van der Waals surface area contributed by atoms with Crippen molar-refractivity contribution in [3.8, 4) is 11.6 Å². The average molecular weight is 478 g/mol. The van der Waals surface area contributed by atoms with Crippen LogP contribution >= 0.6 is 15.9 Å². The first-order valence-electron chi connectivity index (χ1n) is 6.37. The van der Waals surface area contributed by atoms with E-state index in [0.29, 0.717) is 12.5 Å². The molecule has 0 aromatic carbocycles. The van der Waals surface area contributed by atoms with E-state index in [9.17, 15) is 18.3 Å². The maximum absolute atomic E-state index is 12.8. The van der Waals surface area contributed by atoms with E-state index in [-0.39, 0.29) is 87.8 Å². The number of pyridine rings is 1. The summed E-state index contributed by atoms with van der Waals surface area (Å²) in [5, 5.41) is 19.0. The summed E-state index contributed by atoms with van der Waals surface area (Å²) in [6.45, 7) is 3.50. The third-order valence-electron chi connectivity index (χ3n) is 2.86. The molecule has 0 bridgehead atoms. The minimum absolute atomic E-state index is 0. The Balaban J connectivity index is 0.00000288. The summed E-state index contributed by atoms with van der Waals surface area (Å²) < 4.78 is 43.0. The zero-order valence-electron chi connectivity index (χ0n) is 12.6. The van der Waals surface area contributed by atoms with Crippen LogP contribution in [-0.4, -0.2) is 15.2 Å². The maximum Gasteiger partial charge on any atom is 1.00 e. The van der Waals surface area contributed by atoms with E-state index >= 15 is 0 Å². The third kappa shape index (κ3) is 5.18. The standard InChI is InChI=1S/C13H11BrF3N4O2.Rb/c1-2-3-4-8(22)11-20-21-12(23-11)9-7(18)5-6(10(14)19-9)13(15,16)17;/h2,5,8H,1,3-4,18H2;/q-1;+1. The van der Waals surface area contributed by atoms with Crippen molar-refractivity contribution in [1.82, 2.24) is 15.2 Å². The van der Waals surface area contributed by atoms with Gasteiger partial charge in [-0.25, -0.2) is 4.98 Å². The molecule has 0 aliphatic rings. The number of hydrogen-bond acceptors (Lipinski definition) is 6. The Morgan fingerprint density at radius 3 is 2.67 bits per heavy atom. The van der Waals surface area contributed by atoms with Gasteiger partial charge in [0, 0.05) is 0 Å². The second kappa shape index (κ2) is 8.99. The molecule has 0 aliphatic carbocycles. The number of rotatable bonds is 5. The minimum Gasteiger partial charge on any atom is -0.845 e. The Morgan fingerprint density at radius 1 is 1.42 bits per heavy atom. The van der Waals surface area contributed by atoms with Gasteiger partial charge in [0.1, 0.15) is 4.60 Å². The van der Waals surface area contributed by atoms with Crippen molar-refractivity contribution in [3.63, 3.8) is 0 Å². The molecule has 2 rings (SSSR count). The molecule has 2 aromatic rings. The molecule has 2 N–H and O–H groups in total. The van der Waals surface area contributed by atoms with Crippen molar-refractivity contribution in [2.24, 2.45) is 0 Å². The van der Waals surface area contributed by atoms with E-state index in [1.54, 1.807) is 6.08 Å². The van der Waals surface area contributed by atoms with Crippen molar-refractivity contribution >= 4 is 21.6 Å². The van der Waals surface area contributed by atoms with Gasteiger partial charge in [0.25, 0.3) is 5.89 Å². The van der Waals surface area contributed by atoms with Crippen LogP contribution in [0.15, 0.2) is 27.7 Å². The molecule has 1 atom stereocenters. The summed E-state index contributed by atoms with van der Waals surface area (Å²) in [7, 11) is 0. The monoisotopic (exact) mass is 476 g/mol. The molecule has 1 unspecified atom stereocenters. The SMILES string of the molecule is C=CCCC([O-])c1nnc(-c2nc(Br)c(C(F)(F)F)cc2N)o1.[Rb+]. The maximum atomic E-state index is 12.8. The van der Waals surface area contributed by atoms with Gasteiger partial charge in [-0.3, -0.25) is 0 Å².